The van der Waals surface area contributed by atoms with E-state index in [2.05, 4.69) is 53.5 Å². The van der Waals surface area contributed by atoms with Crippen LogP contribution in [-0.4, -0.2) is 35.6 Å². The van der Waals surface area contributed by atoms with Crippen molar-refractivity contribution in [3.63, 3.8) is 0 Å². The lowest BCUT2D eigenvalue weighted by Crippen LogP contribution is -2.50. The molecule has 1 aliphatic rings. The predicted molar refractivity (Wildman–Crippen MR) is 102 cm³/mol. The van der Waals surface area contributed by atoms with Gasteiger partial charge < -0.3 is 10.2 Å². The number of hydrogen-bond donors (Lipinski definition) is 1. The summed E-state index contributed by atoms with van der Waals surface area (Å²) in [4.78, 5) is 12.1. The Morgan fingerprint density at radius 2 is 1.75 bits per heavy atom. The van der Waals surface area contributed by atoms with E-state index in [0.717, 1.165) is 47.7 Å². The highest BCUT2D eigenvalue weighted by molar-refractivity contribution is 5.93. The predicted octanol–water partition coefficient (Wildman–Crippen LogP) is 3.52. The lowest BCUT2D eigenvalue weighted by atomic mass is 10.1. The smallest absolute Gasteiger partial charge is 0.226 e. The van der Waals surface area contributed by atoms with E-state index in [4.69, 9.17) is 9.97 Å². The van der Waals surface area contributed by atoms with E-state index in [-0.39, 0.29) is 12.4 Å². The number of piperazine rings is 1. The molecule has 4 nitrogen and oxygen atoms in total. The molecule has 1 aromatic heterocycles. The number of hydrogen-bond acceptors (Lipinski definition) is 4. The minimum absolute atomic E-state index is 0. The van der Waals surface area contributed by atoms with Gasteiger partial charge in [0.25, 0.3) is 0 Å². The van der Waals surface area contributed by atoms with Gasteiger partial charge >= 0.3 is 0 Å². The van der Waals surface area contributed by atoms with Crippen LogP contribution in [0.2, 0.25) is 0 Å². The summed E-state index contributed by atoms with van der Waals surface area (Å²) in [6, 6.07) is 19.0. The van der Waals surface area contributed by atoms with Crippen LogP contribution in [0.4, 0.5) is 5.95 Å². The number of rotatable bonds is 2. The van der Waals surface area contributed by atoms with Crippen molar-refractivity contribution in [1.29, 1.82) is 0 Å². The number of para-hydroxylation sites is 1. The van der Waals surface area contributed by atoms with E-state index < -0.39 is 0 Å². The van der Waals surface area contributed by atoms with Crippen molar-refractivity contribution in [1.82, 2.24) is 15.3 Å². The summed E-state index contributed by atoms with van der Waals surface area (Å²) in [5.74, 6) is 0.830. The third-order valence-corrected chi connectivity index (χ3v) is 4.40. The highest BCUT2D eigenvalue weighted by Crippen LogP contribution is 2.28. The van der Waals surface area contributed by atoms with Crippen molar-refractivity contribution in [3.8, 4) is 11.3 Å². The zero-order valence-electron chi connectivity index (χ0n) is 13.6. The van der Waals surface area contributed by atoms with E-state index in [1.54, 1.807) is 0 Å². The second kappa shape index (κ2) is 7.16. The minimum atomic E-state index is 0. The Balaban J connectivity index is 0.00000169. The highest BCUT2D eigenvalue weighted by Gasteiger charge is 2.22. The Morgan fingerprint density at radius 3 is 2.54 bits per heavy atom. The Labute approximate surface area is 148 Å². The molecule has 124 valence electrons. The monoisotopic (exact) mass is 340 g/mol. The summed E-state index contributed by atoms with van der Waals surface area (Å²) in [6.45, 7) is 5.10. The fourth-order valence-electron chi connectivity index (χ4n) is 3.15. The molecule has 0 spiro atoms. The third-order valence-electron chi connectivity index (χ3n) is 4.40. The van der Waals surface area contributed by atoms with Gasteiger partial charge in [-0.2, -0.15) is 0 Å². The molecule has 4 rings (SSSR count). The van der Waals surface area contributed by atoms with Crippen molar-refractivity contribution in [3.05, 3.63) is 54.6 Å². The fourth-order valence-corrected chi connectivity index (χ4v) is 3.15. The maximum absolute atomic E-state index is 4.93. The first-order chi connectivity index (χ1) is 11.3. The first-order valence-electron chi connectivity index (χ1n) is 8.12. The summed E-state index contributed by atoms with van der Waals surface area (Å²) >= 11 is 0. The summed E-state index contributed by atoms with van der Waals surface area (Å²) < 4.78 is 0. The average Bonchev–Trinajstić information content (AvgIpc) is 2.62. The molecule has 1 fully saturated rings. The molecule has 1 saturated heterocycles. The Hall–Kier alpha value is -2.17. The van der Waals surface area contributed by atoms with Gasteiger partial charge in [0.15, 0.2) is 0 Å². The number of halogens is 1. The molecular weight excluding hydrogens is 320 g/mol. The molecule has 0 amide bonds. The topological polar surface area (TPSA) is 41.0 Å². The normalized spacial score (nSPS) is 17.5. The molecule has 0 radical (unpaired) electrons. The van der Waals surface area contributed by atoms with Gasteiger partial charge in [-0.05, 0) is 13.0 Å². The number of fused-ring (bicyclic) bond motifs is 1. The number of aromatic nitrogens is 2. The van der Waals surface area contributed by atoms with Gasteiger partial charge in [0.2, 0.25) is 5.95 Å². The lowest BCUT2D eigenvalue weighted by Gasteiger charge is -2.34. The van der Waals surface area contributed by atoms with Crippen LogP contribution in [-0.2, 0) is 0 Å². The summed E-state index contributed by atoms with van der Waals surface area (Å²) in [5, 5.41) is 4.52. The van der Waals surface area contributed by atoms with Crippen LogP contribution < -0.4 is 10.2 Å². The minimum Gasteiger partial charge on any atom is -0.336 e. The summed E-state index contributed by atoms with van der Waals surface area (Å²) in [6.07, 6.45) is 0. The number of nitrogens with one attached hydrogen (secondary N) is 1. The summed E-state index contributed by atoms with van der Waals surface area (Å²) in [5.41, 5.74) is 3.15. The zero-order chi connectivity index (χ0) is 15.6. The molecule has 2 heterocycles. The number of benzene rings is 2. The average molecular weight is 341 g/mol. The molecule has 24 heavy (non-hydrogen) atoms. The van der Waals surface area contributed by atoms with Crippen LogP contribution in [0, 0.1) is 0 Å². The van der Waals surface area contributed by atoms with Gasteiger partial charge in [-0.3, -0.25) is 0 Å². The fraction of sp³-hybridized carbons (Fsp3) is 0.263. The second-order valence-electron chi connectivity index (χ2n) is 6.00. The highest BCUT2D eigenvalue weighted by atomic mass is 35.5. The van der Waals surface area contributed by atoms with Gasteiger partial charge in [0.1, 0.15) is 0 Å². The van der Waals surface area contributed by atoms with Gasteiger partial charge in [0, 0.05) is 36.6 Å². The molecule has 2 aromatic carbocycles. The molecule has 0 unspecified atom stereocenters. The number of nitrogens with zero attached hydrogens (tertiary/aromatic N) is 3. The maximum atomic E-state index is 4.93. The Morgan fingerprint density at radius 1 is 1.00 bits per heavy atom. The Kier molecular flexibility index (Phi) is 4.97. The molecule has 1 atom stereocenters. The van der Waals surface area contributed by atoms with Crippen LogP contribution >= 0.6 is 12.4 Å². The molecule has 1 aliphatic heterocycles. The van der Waals surface area contributed by atoms with Crippen LogP contribution in [0.15, 0.2) is 54.6 Å². The van der Waals surface area contributed by atoms with Crippen LogP contribution in [0.25, 0.3) is 22.2 Å². The van der Waals surface area contributed by atoms with Gasteiger partial charge in [-0.25, -0.2) is 9.97 Å². The molecule has 3 aromatic rings. The van der Waals surface area contributed by atoms with Gasteiger partial charge in [-0.15, -0.1) is 12.4 Å². The quantitative estimate of drug-likeness (QED) is 0.775. The first kappa shape index (κ1) is 16.7. The standard InChI is InChI=1S/C19H20N4.ClH/c1-14-13-20-11-12-23(14)19-21-17-10-6-5-9-16(17)18(22-19)15-7-3-2-4-8-15;/h2-10,14,20H,11-13H2,1H3;1H/t14-;/m1./s1. The van der Waals surface area contributed by atoms with E-state index in [0.29, 0.717) is 6.04 Å². The van der Waals surface area contributed by atoms with Crippen molar-refractivity contribution in [2.45, 2.75) is 13.0 Å². The van der Waals surface area contributed by atoms with E-state index in [1.807, 2.05) is 18.2 Å². The van der Waals surface area contributed by atoms with Crippen molar-refractivity contribution in [2.24, 2.45) is 0 Å². The lowest BCUT2D eigenvalue weighted by molar-refractivity contribution is 0.493. The van der Waals surface area contributed by atoms with Crippen molar-refractivity contribution < 1.29 is 0 Å². The Bertz CT molecular complexity index is 822. The molecule has 0 aliphatic carbocycles. The van der Waals surface area contributed by atoms with Gasteiger partial charge in [0.05, 0.1) is 11.2 Å². The third kappa shape index (κ3) is 3.07. The van der Waals surface area contributed by atoms with E-state index in [1.165, 1.54) is 0 Å². The van der Waals surface area contributed by atoms with E-state index in [9.17, 15) is 0 Å². The van der Waals surface area contributed by atoms with Crippen molar-refractivity contribution >= 4 is 29.3 Å². The van der Waals surface area contributed by atoms with E-state index >= 15 is 0 Å². The largest absolute Gasteiger partial charge is 0.336 e. The molecule has 0 bridgehead atoms. The SMILES string of the molecule is C[C@@H]1CNCCN1c1nc(-c2ccccc2)c2ccccc2n1.Cl. The van der Waals surface area contributed by atoms with Gasteiger partial charge in [-0.1, -0.05) is 48.5 Å². The second-order valence-corrected chi connectivity index (χ2v) is 6.00. The zero-order valence-corrected chi connectivity index (χ0v) is 14.5. The maximum Gasteiger partial charge on any atom is 0.226 e. The molecule has 1 N–H and O–H groups in total. The molecular formula is C19H21ClN4. The first-order valence-corrected chi connectivity index (χ1v) is 8.12. The van der Waals surface area contributed by atoms with Crippen molar-refractivity contribution in [2.75, 3.05) is 24.5 Å². The molecule has 0 saturated carbocycles. The molecule has 5 heteroatoms. The van der Waals surface area contributed by atoms with Crippen LogP contribution in [0.3, 0.4) is 0 Å². The van der Waals surface area contributed by atoms with Crippen LogP contribution in [0.1, 0.15) is 6.92 Å². The van der Waals surface area contributed by atoms with Crippen LogP contribution in [0.5, 0.6) is 0 Å². The summed E-state index contributed by atoms with van der Waals surface area (Å²) in [7, 11) is 0. The number of anilines is 1.